The molecule has 1 aliphatic rings. The molecule has 0 saturated heterocycles. The van der Waals surface area contributed by atoms with E-state index in [-0.39, 0.29) is 28.4 Å². The molecule has 2 aromatic carbocycles. The average Bonchev–Trinajstić information content (AvgIpc) is 2.96. The van der Waals surface area contributed by atoms with Gasteiger partial charge in [0.1, 0.15) is 0 Å². The molecule has 5 heteroatoms. The minimum absolute atomic E-state index is 0.114. The standard InChI is InChI=1S/C18H16O4S/c1-2-22-18(19)17-15-11-7-6-8-13(15)12-16(17)23(20,21)14-9-4-3-5-10-14/h3-11H,2,12H2,1H3. The minimum atomic E-state index is -3.74. The molecule has 0 heterocycles. The van der Waals surface area contributed by atoms with Crippen LogP contribution in [-0.4, -0.2) is 21.0 Å². The van der Waals surface area contributed by atoms with Crippen LogP contribution in [0.3, 0.4) is 0 Å². The first-order valence-electron chi connectivity index (χ1n) is 7.34. The van der Waals surface area contributed by atoms with E-state index >= 15 is 0 Å². The molecule has 2 aromatic rings. The lowest BCUT2D eigenvalue weighted by Gasteiger charge is -2.09. The maximum Gasteiger partial charge on any atom is 0.339 e. The smallest absolute Gasteiger partial charge is 0.339 e. The first-order valence-corrected chi connectivity index (χ1v) is 8.82. The Morgan fingerprint density at radius 1 is 1.04 bits per heavy atom. The molecule has 0 saturated carbocycles. The number of hydrogen-bond donors (Lipinski definition) is 0. The molecule has 4 nitrogen and oxygen atoms in total. The van der Waals surface area contributed by atoms with E-state index in [1.807, 2.05) is 12.1 Å². The summed E-state index contributed by atoms with van der Waals surface area (Å²) in [6.07, 6.45) is 0.210. The van der Waals surface area contributed by atoms with Crippen LogP contribution in [0.15, 0.2) is 64.4 Å². The van der Waals surface area contributed by atoms with E-state index in [4.69, 9.17) is 4.74 Å². The summed E-state index contributed by atoms with van der Waals surface area (Å²) in [5, 5.41) is 0. The van der Waals surface area contributed by atoms with E-state index in [0.717, 1.165) is 5.56 Å². The highest BCUT2D eigenvalue weighted by Crippen LogP contribution is 2.38. The van der Waals surface area contributed by atoms with Crippen molar-refractivity contribution in [2.45, 2.75) is 18.2 Å². The second-order valence-corrected chi connectivity index (χ2v) is 7.14. The molecule has 0 atom stereocenters. The third kappa shape index (κ3) is 2.68. The van der Waals surface area contributed by atoms with Crippen molar-refractivity contribution in [1.82, 2.24) is 0 Å². The molecule has 0 fully saturated rings. The van der Waals surface area contributed by atoms with Gasteiger partial charge in [-0.2, -0.15) is 0 Å². The fourth-order valence-corrected chi connectivity index (χ4v) is 4.34. The highest BCUT2D eigenvalue weighted by Gasteiger charge is 2.35. The summed E-state index contributed by atoms with van der Waals surface area (Å²) in [5.41, 5.74) is 1.62. The van der Waals surface area contributed by atoms with E-state index in [2.05, 4.69) is 0 Å². The zero-order valence-corrected chi connectivity index (χ0v) is 13.5. The molecule has 0 aromatic heterocycles. The highest BCUT2D eigenvalue weighted by atomic mass is 32.2. The molecule has 0 unspecified atom stereocenters. The summed E-state index contributed by atoms with van der Waals surface area (Å²) in [4.78, 5) is 12.7. The van der Waals surface area contributed by atoms with Gasteiger partial charge in [0.2, 0.25) is 9.84 Å². The average molecular weight is 328 g/mol. The third-order valence-corrected chi connectivity index (χ3v) is 5.66. The monoisotopic (exact) mass is 328 g/mol. The van der Waals surface area contributed by atoms with Crippen molar-refractivity contribution in [3.05, 3.63) is 70.6 Å². The van der Waals surface area contributed by atoms with Gasteiger partial charge < -0.3 is 4.74 Å². The van der Waals surface area contributed by atoms with Crippen molar-refractivity contribution < 1.29 is 17.9 Å². The molecule has 0 bridgehead atoms. The van der Waals surface area contributed by atoms with Crippen LogP contribution >= 0.6 is 0 Å². The fourth-order valence-electron chi connectivity index (χ4n) is 2.73. The van der Waals surface area contributed by atoms with Crippen molar-refractivity contribution in [3.63, 3.8) is 0 Å². The second-order valence-electron chi connectivity index (χ2n) is 5.17. The second kappa shape index (κ2) is 6.01. The normalized spacial score (nSPS) is 13.8. The maximum atomic E-state index is 13.0. The fraction of sp³-hybridized carbons (Fsp3) is 0.167. The number of rotatable bonds is 4. The highest BCUT2D eigenvalue weighted by molar-refractivity contribution is 7.95. The summed E-state index contributed by atoms with van der Waals surface area (Å²) in [5.74, 6) is -0.591. The molecule has 0 N–H and O–H groups in total. The summed E-state index contributed by atoms with van der Waals surface area (Å²) < 4.78 is 31.0. The molecule has 0 radical (unpaired) electrons. The van der Waals surface area contributed by atoms with Crippen LogP contribution in [-0.2, 0) is 25.8 Å². The summed E-state index contributed by atoms with van der Waals surface area (Å²) >= 11 is 0. The van der Waals surface area contributed by atoms with E-state index in [9.17, 15) is 13.2 Å². The summed E-state index contributed by atoms with van der Waals surface area (Å²) in [6.45, 7) is 1.90. The number of benzene rings is 2. The Labute approximate surface area is 135 Å². The van der Waals surface area contributed by atoms with Crippen LogP contribution in [0.5, 0.6) is 0 Å². The Morgan fingerprint density at radius 2 is 1.70 bits per heavy atom. The van der Waals surface area contributed by atoms with Crippen LogP contribution in [0.1, 0.15) is 18.1 Å². The van der Waals surface area contributed by atoms with Gasteiger partial charge in [0.05, 0.1) is 22.0 Å². The molecule has 23 heavy (non-hydrogen) atoms. The molecule has 0 aliphatic heterocycles. The Kier molecular flexibility index (Phi) is 4.05. The number of carbonyl (C=O) groups excluding carboxylic acids is 1. The number of sulfone groups is 1. The van der Waals surface area contributed by atoms with Crippen molar-refractivity contribution in [2.75, 3.05) is 6.61 Å². The lowest BCUT2D eigenvalue weighted by Crippen LogP contribution is -2.12. The van der Waals surface area contributed by atoms with Gasteiger partial charge in [-0.3, -0.25) is 0 Å². The van der Waals surface area contributed by atoms with Crippen LogP contribution in [0, 0.1) is 0 Å². The van der Waals surface area contributed by atoms with Gasteiger partial charge >= 0.3 is 5.97 Å². The summed E-state index contributed by atoms with van der Waals surface area (Å²) in [7, 11) is -3.74. The van der Waals surface area contributed by atoms with Crippen LogP contribution in [0.4, 0.5) is 0 Å². The molecule has 1 aliphatic carbocycles. The van der Waals surface area contributed by atoms with E-state index in [0.29, 0.717) is 5.56 Å². The van der Waals surface area contributed by atoms with E-state index in [1.54, 1.807) is 37.3 Å². The first-order chi connectivity index (χ1) is 11.1. The van der Waals surface area contributed by atoms with Gasteiger partial charge in [-0.15, -0.1) is 0 Å². The Morgan fingerprint density at radius 3 is 2.39 bits per heavy atom. The molecular weight excluding hydrogens is 312 g/mol. The van der Waals surface area contributed by atoms with Crippen molar-refractivity contribution in [1.29, 1.82) is 0 Å². The lowest BCUT2D eigenvalue weighted by molar-refractivity contribution is -0.136. The lowest BCUT2D eigenvalue weighted by atomic mass is 10.1. The predicted molar refractivity (Wildman–Crippen MR) is 87.3 cm³/mol. The van der Waals surface area contributed by atoms with E-state index < -0.39 is 15.8 Å². The number of carbonyl (C=O) groups is 1. The van der Waals surface area contributed by atoms with Gasteiger partial charge in [-0.05, 0) is 30.2 Å². The van der Waals surface area contributed by atoms with Gasteiger partial charge in [0.25, 0.3) is 0 Å². The number of esters is 1. The molecule has 3 rings (SSSR count). The Balaban J connectivity index is 2.19. The quantitative estimate of drug-likeness (QED) is 0.810. The van der Waals surface area contributed by atoms with Gasteiger partial charge in [0, 0.05) is 6.42 Å². The van der Waals surface area contributed by atoms with Crippen molar-refractivity contribution in [2.24, 2.45) is 0 Å². The zero-order chi connectivity index (χ0) is 16.4. The van der Waals surface area contributed by atoms with Crippen molar-refractivity contribution >= 4 is 21.4 Å². The van der Waals surface area contributed by atoms with E-state index in [1.165, 1.54) is 12.1 Å². The van der Waals surface area contributed by atoms with Gasteiger partial charge in [0.15, 0.2) is 0 Å². The molecule has 118 valence electrons. The van der Waals surface area contributed by atoms with Crippen LogP contribution in [0.25, 0.3) is 5.57 Å². The number of ether oxygens (including phenoxy) is 1. The van der Waals surface area contributed by atoms with Crippen molar-refractivity contribution in [3.8, 4) is 0 Å². The SMILES string of the molecule is CCOC(=O)C1=C(S(=O)(=O)c2ccccc2)Cc2ccccc21. The van der Waals surface area contributed by atoms with Crippen LogP contribution < -0.4 is 0 Å². The number of hydrogen-bond acceptors (Lipinski definition) is 4. The molecular formula is C18H16O4S. The number of fused-ring (bicyclic) bond motifs is 1. The first kappa shape index (κ1) is 15.5. The van der Waals surface area contributed by atoms with Gasteiger partial charge in [-0.1, -0.05) is 42.5 Å². The Bertz CT molecular complexity index is 880. The van der Waals surface area contributed by atoms with Gasteiger partial charge in [-0.25, -0.2) is 13.2 Å². The Hall–Kier alpha value is -2.40. The zero-order valence-electron chi connectivity index (χ0n) is 12.7. The largest absolute Gasteiger partial charge is 0.462 e. The predicted octanol–water partition coefficient (Wildman–Crippen LogP) is 2.99. The maximum absolute atomic E-state index is 13.0. The molecule has 0 amide bonds. The molecule has 0 spiro atoms. The third-order valence-electron chi connectivity index (χ3n) is 3.77. The number of allylic oxidation sites excluding steroid dienone is 1. The summed E-state index contributed by atoms with van der Waals surface area (Å²) in [6, 6.07) is 15.4. The topological polar surface area (TPSA) is 60.4 Å². The minimum Gasteiger partial charge on any atom is -0.462 e. The van der Waals surface area contributed by atoms with Crippen LogP contribution in [0.2, 0.25) is 0 Å².